The van der Waals surface area contributed by atoms with Crippen LogP contribution in [0, 0.1) is 17.0 Å². The highest BCUT2D eigenvalue weighted by molar-refractivity contribution is 7.22. The Kier molecular flexibility index (Phi) is 8.02. The topological polar surface area (TPSA) is 101 Å². The van der Waals surface area contributed by atoms with Gasteiger partial charge in [0.2, 0.25) is 0 Å². The van der Waals surface area contributed by atoms with E-state index < -0.39 is 4.92 Å². The fraction of sp³-hybridized carbons (Fsp3) is 0.440. The van der Waals surface area contributed by atoms with Gasteiger partial charge in [-0.1, -0.05) is 17.4 Å². The van der Waals surface area contributed by atoms with Gasteiger partial charge in [0.1, 0.15) is 17.0 Å². The largest absolute Gasteiger partial charge is 0.494 e. The Hall–Kier alpha value is -3.28. The molecule has 1 saturated heterocycles. The first-order valence-corrected chi connectivity index (χ1v) is 12.6. The molecule has 1 aromatic heterocycles. The predicted octanol–water partition coefficient (Wildman–Crippen LogP) is 3.96. The number of morpholine rings is 1. The van der Waals surface area contributed by atoms with Gasteiger partial charge >= 0.3 is 0 Å². The Balaban J connectivity index is 1.72. The van der Waals surface area contributed by atoms with Crippen LogP contribution in [0.3, 0.4) is 0 Å². The fourth-order valence-corrected chi connectivity index (χ4v) is 5.31. The summed E-state index contributed by atoms with van der Waals surface area (Å²) in [5, 5.41) is 12.5. The molecule has 0 unspecified atom stereocenters. The number of methoxy groups -OCH3 is 1. The van der Waals surface area contributed by atoms with Crippen LogP contribution in [-0.4, -0.2) is 81.3 Å². The van der Waals surface area contributed by atoms with E-state index in [1.54, 1.807) is 24.1 Å². The summed E-state index contributed by atoms with van der Waals surface area (Å²) in [7, 11) is 5.55. The minimum atomic E-state index is -0.427. The number of hydrogen-bond donors (Lipinski definition) is 0. The van der Waals surface area contributed by atoms with E-state index in [0.717, 1.165) is 23.2 Å². The van der Waals surface area contributed by atoms with E-state index in [-0.39, 0.29) is 17.2 Å². The third kappa shape index (κ3) is 5.43. The molecule has 1 aliphatic heterocycles. The average Bonchev–Trinajstić information content (AvgIpc) is 3.32. The molecule has 192 valence electrons. The summed E-state index contributed by atoms with van der Waals surface area (Å²) in [5.41, 5.74) is 2.42. The van der Waals surface area contributed by atoms with Crippen molar-refractivity contribution in [1.82, 2.24) is 9.88 Å². The van der Waals surface area contributed by atoms with Gasteiger partial charge in [-0.3, -0.25) is 19.8 Å². The monoisotopic (exact) mass is 513 g/mol. The van der Waals surface area contributed by atoms with Gasteiger partial charge in [-0.2, -0.15) is 0 Å². The number of carbonyl (C=O) groups is 1. The summed E-state index contributed by atoms with van der Waals surface area (Å²) >= 11 is 1.42. The fourth-order valence-electron chi connectivity index (χ4n) is 4.24. The number of benzene rings is 2. The van der Waals surface area contributed by atoms with Crippen molar-refractivity contribution in [2.75, 3.05) is 70.4 Å². The Bertz CT molecular complexity index is 1260. The predicted molar refractivity (Wildman–Crippen MR) is 142 cm³/mol. The van der Waals surface area contributed by atoms with Crippen molar-refractivity contribution in [1.29, 1.82) is 0 Å². The number of nitrogens with zero attached hydrogens (tertiary/aromatic N) is 5. The number of ether oxygens (including phenoxy) is 2. The van der Waals surface area contributed by atoms with E-state index in [1.165, 1.54) is 17.4 Å². The molecule has 36 heavy (non-hydrogen) atoms. The third-order valence-corrected chi connectivity index (χ3v) is 7.36. The van der Waals surface area contributed by atoms with Crippen molar-refractivity contribution in [2.24, 2.45) is 0 Å². The molecule has 0 bridgehead atoms. The maximum absolute atomic E-state index is 13.8. The van der Waals surface area contributed by atoms with Gasteiger partial charge in [-0.25, -0.2) is 4.98 Å². The standard InChI is InChI=1S/C25H31N5O5S/c1-17-6-9-21(34-4)22-23(17)36-25(26-22)29(11-5-10-27(2)3)24(31)18-7-8-19(20(16-18)30(32)33)28-12-14-35-15-13-28/h6-9,16H,5,10-15H2,1-4H3. The van der Waals surface area contributed by atoms with Crippen molar-refractivity contribution >= 4 is 44.0 Å². The molecule has 10 nitrogen and oxygen atoms in total. The second-order valence-electron chi connectivity index (χ2n) is 8.93. The van der Waals surface area contributed by atoms with Gasteiger partial charge in [-0.05, 0) is 57.7 Å². The number of hydrogen-bond acceptors (Lipinski definition) is 9. The molecule has 1 fully saturated rings. The lowest BCUT2D eigenvalue weighted by Gasteiger charge is -2.28. The van der Waals surface area contributed by atoms with Crippen LogP contribution >= 0.6 is 11.3 Å². The number of nitro groups is 1. The third-order valence-electron chi connectivity index (χ3n) is 6.15. The van der Waals surface area contributed by atoms with Crippen LogP contribution < -0.4 is 14.5 Å². The zero-order chi connectivity index (χ0) is 25.8. The van der Waals surface area contributed by atoms with Crippen LogP contribution in [0.25, 0.3) is 10.2 Å². The SMILES string of the molecule is COc1ccc(C)c2sc(N(CCCN(C)C)C(=O)c3ccc(N4CCOCC4)c([N+](=O)[O-])c3)nc12. The van der Waals surface area contributed by atoms with E-state index >= 15 is 0 Å². The van der Waals surface area contributed by atoms with E-state index in [1.807, 2.05) is 38.1 Å². The summed E-state index contributed by atoms with van der Waals surface area (Å²) in [6.07, 6.45) is 0.721. The molecule has 0 spiro atoms. The summed E-state index contributed by atoms with van der Waals surface area (Å²) < 4.78 is 11.8. The van der Waals surface area contributed by atoms with Gasteiger partial charge in [0.25, 0.3) is 11.6 Å². The highest BCUT2D eigenvalue weighted by Crippen LogP contribution is 2.37. The van der Waals surface area contributed by atoms with Crippen LogP contribution in [0.2, 0.25) is 0 Å². The molecule has 0 aliphatic carbocycles. The molecule has 0 saturated carbocycles. The quantitative estimate of drug-likeness (QED) is 0.313. The molecule has 1 amide bonds. The summed E-state index contributed by atoms with van der Waals surface area (Å²) in [6.45, 7) is 5.37. The Morgan fingerprint density at radius 1 is 1.22 bits per heavy atom. The Morgan fingerprint density at radius 3 is 2.64 bits per heavy atom. The minimum Gasteiger partial charge on any atom is -0.494 e. The van der Waals surface area contributed by atoms with Crippen LogP contribution in [-0.2, 0) is 4.74 Å². The summed E-state index contributed by atoms with van der Waals surface area (Å²) in [4.78, 5) is 35.7. The number of fused-ring (bicyclic) bond motifs is 1. The van der Waals surface area contributed by atoms with Crippen LogP contribution in [0.1, 0.15) is 22.3 Å². The van der Waals surface area contributed by atoms with Crippen molar-refractivity contribution in [2.45, 2.75) is 13.3 Å². The van der Waals surface area contributed by atoms with Crippen LogP contribution in [0.15, 0.2) is 30.3 Å². The van der Waals surface area contributed by atoms with E-state index in [4.69, 9.17) is 14.5 Å². The zero-order valence-corrected chi connectivity index (χ0v) is 21.8. The highest BCUT2D eigenvalue weighted by atomic mass is 32.1. The second kappa shape index (κ2) is 11.2. The molecule has 0 radical (unpaired) electrons. The number of aryl methyl sites for hydroxylation is 1. The maximum atomic E-state index is 13.8. The molecule has 4 rings (SSSR count). The number of rotatable bonds is 9. The lowest BCUT2D eigenvalue weighted by molar-refractivity contribution is -0.384. The number of anilines is 2. The minimum absolute atomic E-state index is 0.0854. The lowest BCUT2D eigenvalue weighted by Crippen LogP contribution is -2.37. The molecule has 11 heteroatoms. The molecular formula is C25H31N5O5S. The lowest BCUT2D eigenvalue weighted by atomic mass is 10.1. The first-order valence-electron chi connectivity index (χ1n) is 11.8. The van der Waals surface area contributed by atoms with Crippen molar-refractivity contribution in [3.05, 3.63) is 51.6 Å². The van der Waals surface area contributed by atoms with Gasteiger partial charge in [0.15, 0.2) is 5.13 Å². The second-order valence-corrected chi connectivity index (χ2v) is 9.91. The van der Waals surface area contributed by atoms with E-state index in [9.17, 15) is 14.9 Å². The maximum Gasteiger partial charge on any atom is 0.293 e. The number of aromatic nitrogens is 1. The Labute approximate surface area is 214 Å². The molecule has 0 N–H and O–H groups in total. The molecule has 2 heterocycles. The zero-order valence-electron chi connectivity index (χ0n) is 21.0. The average molecular weight is 514 g/mol. The number of amides is 1. The molecule has 1 aliphatic rings. The molecule has 2 aromatic carbocycles. The molecular weight excluding hydrogens is 482 g/mol. The highest BCUT2D eigenvalue weighted by Gasteiger charge is 2.27. The summed E-state index contributed by atoms with van der Waals surface area (Å²) in [5.74, 6) is 0.324. The van der Waals surface area contributed by atoms with Crippen LogP contribution in [0.4, 0.5) is 16.5 Å². The van der Waals surface area contributed by atoms with Gasteiger partial charge in [-0.15, -0.1) is 0 Å². The van der Waals surface area contributed by atoms with Gasteiger partial charge in [0, 0.05) is 31.3 Å². The molecule has 0 atom stereocenters. The normalized spacial score (nSPS) is 13.9. The first kappa shape index (κ1) is 25.8. The van der Waals surface area contributed by atoms with Crippen molar-refractivity contribution in [3.8, 4) is 5.75 Å². The number of carbonyl (C=O) groups excluding carboxylic acids is 1. The van der Waals surface area contributed by atoms with Crippen LogP contribution in [0.5, 0.6) is 5.75 Å². The van der Waals surface area contributed by atoms with Gasteiger partial charge in [0.05, 0.1) is 29.9 Å². The van der Waals surface area contributed by atoms with E-state index in [2.05, 4.69) is 4.90 Å². The Morgan fingerprint density at radius 2 is 1.97 bits per heavy atom. The summed E-state index contributed by atoms with van der Waals surface area (Å²) in [6, 6.07) is 8.55. The van der Waals surface area contributed by atoms with E-state index in [0.29, 0.717) is 54.9 Å². The number of thiazole rings is 1. The van der Waals surface area contributed by atoms with Crippen molar-refractivity contribution in [3.63, 3.8) is 0 Å². The molecule has 3 aromatic rings. The number of nitro benzene ring substituents is 1. The smallest absolute Gasteiger partial charge is 0.293 e. The van der Waals surface area contributed by atoms with Gasteiger partial charge < -0.3 is 19.3 Å². The first-order chi connectivity index (χ1) is 17.3. The van der Waals surface area contributed by atoms with Crippen molar-refractivity contribution < 1.29 is 19.2 Å².